The second-order valence-corrected chi connectivity index (χ2v) is 7.24. The van der Waals surface area contributed by atoms with Crippen molar-refractivity contribution in [3.8, 4) is 0 Å². The first kappa shape index (κ1) is 18.9. The molecule has 0 aliphatic carbocycles. The van der Waals surface area contributed by atoms with Gasteiger partial charge in [-0.2, -0.15) is 4.72 Å². The van der Waals surface area contributed by atoms with Gasteiger partial charge in [0.05, 0.1) is 23.1 Å². The number of carbonyl (C=O) groups excluding carboxylic acids is 1. The summed E-state index contributed by atoms with van der Waals surface area (Å²) in [4.78, 5) is 12.2. The quantitative estimate of drug-likeness (QED) is 0.609. The number of hydrogen-bond donors (Lipinski definition) is 1. The third-order valence-corrected chi connectivity index (χ3v) is 5.06. The molecule has 0 spiro atoms. The molecule has 0 aromatic heterocycles. The van der Waals surface area contributed by atoms with Crippen LogP contribution in [0.3, 0.4) is 0 Å². The maximum Gasteiger partial charge on any atom is 0.335 e. The van der Waals surface area contributed by atoms with E-state index in [4.69, 9.17) is 4.74 Å². The molecule has 1 N–H and O–H groups in total. The standard InChI is InChI=1S/C19H21NO4S/c1-4-24-19(21)15(3)18(16-8-6-5-7-9-16)20-25(22,23)17-12-10-14(2)11-13-17/h5-13,18,20H,3-4H2,1-2H3/t18-/m1/s1. The highest BCUT2D eigenvalue weighted by atomic mass is 32.2. The van der Waals surface area contributed by atoms with Gasteiger partial charge in [-0.05, 0) is 31.5 Å². The smallest absolute Gasteiger partial charge is 0.335 e. The number of aryl methyl sites for hydroxylation is 1. The van der Waals surface area contributed by atoms with E-state index in [-0.39, 0.29) is 17.1 Å². The maximum atomic E-state index is 12.7. The Balaban J connectivity index is 2.37. The van der Waals surface area contributed by atoms with Gasteiger partial charge in [0.1, 0.15) is 0 Å². The highest BCUT2D eigenvalue weighted by Crippen LogP contribution is 2.24. The summed E-state index contributed by atoms with van der Waals surface area (Å²) in [6.45, 7) is 7.48. The molecule has 0 fully saturated rings. The molecule has 0 aliphatic heterocycles. The molecule has 2 rings (SSSR count). The Bertz CT molecular complexity index is 843. The van der Waals surface area contributed by atoms with Crippen molar-refractivity contribution >= 4 is 16.0 Å². The van der Waals surface area contributed by atoms with Gasteiger partial charge < -0.3 is 4.74 Å². The summed E-state index contributed by atoms with van der Waals surface area (Å²) in [5.41, 5.74) is 1.59. The molecule has 1 atom stereocenters. The Morgan fingerprint density at radius 1 is 1.12 bits per heavy atom. The normalized spacial score (nSPS) is 12.4. The largest absolute Gasteiger partial charge is 0.463 e. The average molecular weight is 359 g/mol. The number of benzene rings is 2. The molecule has 132 valence electrons. The number of hydrogen-bond acceptors (Lipinski definition) is 4. The van der Waals surface area contributed by atoms with Crippen molar-refractivity contribution in [1.82, 2.24) is 4.72 Å². The second kappa shape index (κ2) is 8.09. The predicted molar refractivity (Wildman–Crippen MR) is 96.5 cm³/mol. The number of rotatable bonds is 7. The van der Waals surface area contributed by atoms with Crippen LogP contribution >= 0.6 is 0 Å². The molecule has 6 heteroatoms. The van der Waals surface area contributed by atoms with Crippen LogP contribution in [-0.2, 0) is 19.6 Å². The van der Waals surface area contributed by atoms with Gasteiger partial charge in [-0.1, -0.05) is 54.6 Å². The molecular weight excluding hydrogens is 338 g/mol. The van der Waals surface area contributed by atoms with E-state index in [1.165, 1.54) is 12.1 Å². The minimum absolute atomic E-state index is 0.0312. The molecule has 2 aromatic rings. The molecular formula is C19H21NO4S. The molecule has 0 heterocycles. The first-order chi connectivity index (χ1) is 11.8. The molecule has 5 nitrogen and oxygen atoms in total. The van der Waals surface area contributed by atoms with Crippen molar-refractivity contribution in [2.75, 3.05) is 6.61 Å². The molecule has 0 saturated heterocycles. The zero-order valence-electron chi connectivity index (χ0n) is 14.2. The molecule has 0 saturated carbocycles. The molecule has 2 aromatic carbocycles. The first-order valence-electron chi connectivity index (χ1n) is 7.85. The van der Waals surface area contributed by atoms with E-state index in [0.29, 0.717) is 5.56 Å². The fraction of sp³-hybridized carbons (Fsp3) is 0.211. The van der Waals surface area contributed by atoms with Crippen molar-refractivity contribution in [3.05, 3.63) is 77.9 Å². The topological polar surface area (TPSA) is 72.5 Å². The van der Waals surface area contributed by atoms with E-state index in [0.717, 1.165) is 5.56 Å². The van der Waals surface area contributed by atoms with Crippen LogP contribution in [0.1, 0.15) is 24.1 Å². The Labute approximate surface area is 148 Å². The van der Waals surface area contributed by atoms with E-state index in [1.807, 2.05) is 13.0 Å². The lowest BCUT2D eigenvalue weighted by molar-refractivity contribution is -0.138. The lowest BCUT2D eigenvalue weighted by Gasteiger charge is -2.20. The fourth-order valence-electron chi connectivity index (χ4n) is 2.27. The van der Waals surface area contributed by atoms with Gasteiger partial charge in [0.15, 0.2) is 0 Å². The summed E-state index contributed by atoms with van der Waals surface area (Å²) in [5.74, 6) is -0.636. The third-order valence-electron chi connectivity index (χ3n) is 3.62. The van der Waals surface area contributed by atoms with E-state index in [2.05, 4.69) is 11.3 Å². The Kier molecular flexibility index (Phi) is 6.12. The Morgan fingerprint density at radius 3 is 2.28 bits per heavy atom. The van der Waals surface area contributed by atoms with E-state index in [9.17, 15) is 13.2 Å². The monoisotopic (exact) mass is 359 g/mol. The van der Waals surface area contributed by atoms with Gasteiger partial charge in [-0.15, -0.1) is 0 Å². The lowest BCUT2D eigenvalue weighted by atomic mass is 10.0. The van der Waals surface area contributed by atoms with Gasteiger partial charge in [0.25, 0.3) is 0 Å². The summed E-state index contributed by atoms with van der Waals surface area (Å²) >= 11 is 0. The first-order valence-corrected chi connectivity index (χ1v) is 9.33. The summed E-state index contributed by atoms with van der Waals surface area (Å²) < 4.78 is 32.9. The second-order valence-electron chi connectivity index (χ2n) is 5.52. The SMILES string of the molecule is C=C(C(=O)OCC)[C@@H](NS(=O)(=O)c1ccc(C)cc1)c1ccccc1. The van der Waals surface area contributed by atoms with Crippen LogP contribution in [0.15, 0.2) is 71.6 Å². The Morgan fingerprint density at radius 2 is 1.72 bits per heavy atom. The van der Waals surface area contributed by atoms with Gasteiger partial charge in [-0.3, -0.25) is 0 Å². The maximum absolute atomic E-state index is 12.7. The number of nitrogens with one attached hydrogen (secondary N) is 1. The van der Waals surface area contributed by atoms with Crippen LogP contribution in [0.5, 0.6) is 0 Å². The van der Waals surface area contributed by atoms with Gasteiger partial charge in [-0.25, -0.2) is 13.2 Å². The van der Waals surface area contributed by atoms with Crippen LogP contribution in [0.2, 0.25) is 0 Å². The highest BCUT2D eigenvalue weighted by molar-refractivity contribution is 7.89. The molecule has 0 amide bonds. The van der Waals surface area contributed by atoms with Crippen LogP contribution in [0.4, 0.5) is 0 Å². The van der Waals surface area contributed by atoms with Crippen LogP contribution in [-0.4, -0.2) is 21.0 Å². The predicted octanol–water partition coefficient (Wildman–Crippen LogP) is 3.13. The van der Waals surface area contributed by atoms with Crippen molar-refractivity contribution in [2.24, 2.45) is 0 Å². The van der Waals surface area contributed by atoms with Gasteiger partial charge >= 0.3 is 5.97 Å². The van der Waals surface area contributed by atoms with Crippen molar-refractivity contribution in [3.63, 3.8) is 0 Å². The van der Waals surface area contributed by atoms with E-state index in [1.54, 1.807) is 43.3 Å². The molecule has 0 aliphatic rings. The van der Waals surface area contributed by atoms with Crippen molar-refractivity contribution < 1.29 is 17.9 Å². The highest BCUT2D eigenvalue weighted by Gasteiger charge is 2.27. The number of ether oxygens (including phenoxy) is 1. The Hall–Kier alpha value is -2.44. The van der Waals surface area contributed by atoms with Crippen molar-refractivity contribution in [2.45, 2.75) is 24.8 Å². The van der Waals surface area contributed by atoms with Crippen LogP contribution < -0.4 is 4.72 Å². The number of carbonyl (C=O) groups is 1. The van der Waals surface area contributed by atoms with E-state index < -0.39 is 22.0 Å². The third kappa shape index (κ3) is 4.78. The summed E-state index contributed by atoms with van der Waals surface area (Å²) in [6, 6.07) is 14.4. The van der Waals surface area contributed by atoms with E-state index >= 15 is 0 Å². The molecule has 0 unspecified atom stereocenters. The fourth-order valence-corrected chi connectivity index (χ4v) is 3.49. The summed E-state index contributed by atoms with van der Waals surface area (Å²) in [5, 5.41) is 0. The molecule has 0 radical (unpaired) electrons. The summed E-state index contributed by atoms with van der Waals surface area (Å²) in [6.07, 6.45) is 0. The lowest BCUT2D eigenvalue weighted by Crippen LogP contribution is -2.32. The van der Waals surface area contributed by atoms with Crippen molar-refractivity contribution in [1.29, 1.82) is 0 Å². The zero-order chi connectivity index (χ0) is 18.4. The minimum atomic E-state index is -3.84. The number of sulfonamides is 1. The zero-order valence-corrected chi connectivity index (χ0v) is 15.0. The van der Waals surface area contributed by atoms with Gasteiger partial charge in [0, 0.05) is 0 Å². The minimum Gasteiger partial charge on any atom is -0.463 e. The van der Waals surface area contributed by atoms with Gasteiger partial charge in [0.2, 0.25) is 10.0 Å². The average Bonchev–Trinajstić information content (AvgIpc) is 2.60. The molecule has 25 heavy (non-hydrogen) atoms. The van der Waals surface area contributed by atoms with Crippen LogP contribution in [0, 0.1) is 6.92 Å². The summed E-state index contributed by atoms with van der Waals surface area (Å²) in [7, 11) is -3.84. The molecule has 0 bridgehead atoms. The van der Waals surface area contributed by atoms with Crippen LogP contribution in [0.25, 0.3) is 0 Å². The number of esters is 1.